The summed E-state index contributed by atoms with van der Waals surface area (Å²) in [5.41, 5.74) is 4.03. The third-order valence-electron chi connectivity index (χ3n) is 5.65. The number of para-hydroxylation sites is 1. The quantitative estimate of drug-likeness (QED) is 0.470. The highest BCUT2D eigenvalue weighted by atomic mass is 32.2. The average Bonchev–Trinajstić information content (AvgIpc) is 2.72. The molecule has 0 atom stereocenters. The van der Waals surface area contributed by atoms with Crippen molar-refractivity contribution in [3.63, 3.8) is 0 Å². The largest absolute Gasteiger partial charge is 0.303 e. The van der Waals surface area contributed by atoms with Crippen molar-refractivity contribution in [3.05, 3.63) is 63.9 Å². The highest BCUT2D eigenvalue weighted by Crippen LogP contribution is 2.24. The van der Waals surface area contributed by atoms with E-state index < -0.39 is 0 Å². The molecule has 5 heteroatoms. The molecule has 1 fully saturated rings. The first-order chi connectivity index (χ1) is 13.6. The van der Waals surface area contributed by atoms with Crippen molar-refractivity contribution in [3.8, 4) is 5.69 Å². The van der Waals surface area contributed by atoms with Crippen LogP contribution in [0.5, 0.6) is 0 Å². The van der Waals surface area contributed by atoms with E-state index in [1.807, 2.05) is 41.0 Å². The maximum absolute atomic E-state index is 13.4. The molecular weight excluding hydrogens is 366 g/mol. The lowest BCUT2D eigenvalue weighted by Gasteiger charge is -2.26. The number of hydrogen-bond donors (Lipinski definition) is 0. The molecule has 0 bridgehead atoms. The molecule has 28 heavy (non-hydrogen) atoms. The Hall–Kier alpha value is -2.11. The fraction of sp³-hybridized carbons (Fsp3) is 0.391. The fourth-order valence-electron chi connectivity index (χ4n) is 3.85. The number of hydrogen-bond acceptors (Lipinski definition) is 4. The molecule has 4 rings (SSSR count). The molecule has 3 aromatic rings. The zero-order chi connectivity index (χ0) is 19.5. The van der Waals surface area contributed by atoms with E-state index in [9.17, 15) is 4.79 Å². The minimum absolute atomic E-state index is 0.0137. The molecule has 1 aliphatic rings. The van der Waals surface area contributed by atoms with E-state index in [1.54, 1.807) is 11.8 Å². The zero-order valence-corrected chi connectivity index (χ0v) is 17.5. The van der Waals surface area contributed by atoms with Crippen LogP contribution < -0.4 is 5.56 Å². The van der Waals surface area contributed by atoms with Gasteiger partial charge in [-0.1, -0.05) is 42.4 Å². The van der Waals surface area contributed by atoms with E-state index in [4.69, 9.17) is 4.98 Å². The summed E-state index contributed by atoms with van der Waals surface area (Å²) in [5.74, 6) is 0.940. The predicted molar refractivity (Wildman–Crippen MR) is 118 cm³/mol. The monoisotopic (exact) mass is 393 g/mol. The number of benzene rings is 2. The van der Waals surface area contributed by atoms with Crippen LogP contribution in [0.25, 0.3) is 16.6 Å². The summed E-state index contributed by atoms with van der Waals surface area (Å²) in [6.07, 6.45) is 3.94. The van der Waals surface area contributed by atoms with E-state index in [0.717, 1.165) is 34.2 Å². The predicted octanol–water partition coefficient (Wildman–Crippen LogP) is 4.58. The smallest absolute Gasteiger partial charge is 0.266 e. The number of aromatic nitrogens is 2. The van der Waals surface area contributed by atoms with E-state index in [1.165, 1.54) is 37.9 Å². The van der Waals surface area contributed by atoms with Crippen LogP contribution in [0.4, 0.5) is 0 Å². The fourth-order valence-corrected chi connectivity index (χ4v) is 4.85. The Balaban J connectivity index is 1.73. The van der Waals surface area contributed by atoms with Crippen molar-refractivity contribution in [2.24, 2.45) is 0 Å². The highest BCUT2D eigenvalue weighted by molar-refractivity contribution is 7.99. The van der Waals surface area contributed by atoms with Gasteiger partial charge < -0.3 is 4.90 Å². The second kappa shape index (κ2) is 8.50. The summed E-state index contributed by atoms with van der Waals surface area (Å²) in [6.45, 7) is 7.58. The second-order valence-corrected chi connectivity index (χ2v) is 8.58. The highest BCUT2D eigenvalue weighted by Gasteiger charge is 2.16. The number of nitrogens with zero attached hydrogens (tertiary/aromatic N) is 3. The van der Waals surface area contributed by atoms with Gasteiger partial charge in [-0.25, -0.2) is 4.98 Å². The Morgan fingerprint density at radius 3 is 2.61 bits per heavy atom. The van der Waals surface area contributed by atoms with Gasteiger partial charge >= 0.3 is 0 Å². The molecule has 0 radical (unpaired) electrons. The third kappa shape index (κ3) is 3.87. The Morgan fingerprint density at radius 1 is 1.00 bits per heavy atom. The van der Waals surface area contributed by atoms with Gasteiger partial charge in [0.25, 0.3) is 5.56 Å². The van der Waals surface area contributed by atoms with Gasteiger partial charge in [-0.2, -0.15) is 0 Å². The second-order valence-electron chi connectivity index (χ2n) is 7.52. The first-order valence-electron chi connectivity index (χ1n) is 10.1. The van der Waals surface area contributed by atoms with E-state index in [-0.39, 0.29) is 5.56 Å². The van der Waals surface area contributed by atoms with Crippen LogP contribution in [-0.4, -0.2) is 39.8 Å². The minimum atomic E-state index is 0.0137. The van der Waals surface area contributed by atoms with E-state index >= 15 is 0 Å². The molecule has 0 aliphatic carbocycles. The molecule has 0 unspecified atom stereocenters. The molecule has 1 saturated heterocycles. The lowest BCUT2D eigenvalue weighted by atomic mass is 10.1. The molecule has 2 heterocycles. The average molecular weight is 394 g/mol. The summed E-state index contributed by atoms with van der Waals surface area (Å²) < 4.78 is 1.81. The van der Waals surface area contributed by atoms with Crippen LogP contribution in [0.15, 0.2) is 52.4 Å². The van der Waals surface area contributed by atoms with Gasteiger partial charge in [0, 0.05) is 12.3 Å². The van der Waals surface area contributed by atoms with Gasteiger partial charge in [-0.05, 0) is 69.1 Å². The maximum atomic E-state index is 13.4. The molecule has 146 valence electrons. The van der Waals surface area contributed by atoms with Gasteiger partial charge in [-0.3, -0.25) is 9.36 Å². The molecule has 4 nitrogen and oxygen atoms in total. The van der Waals surface area contributed by atoms with Crippen molar-refractivity contribution in [2.75, 3.05) is 25.4 Å². The number of aryl methyl sites for hydroxylation is 1. The number of fused-ring (bicyclic) bond motifs is 1. The molecule has 0 N–H and O–H groups in total. The van der Waals surface area contributed by atoms with Crippen LogP contribution in [0.2, 0.25) is 0 Å². The summed E-state index contributed by atoms with van der Waals surface area (Å²) in [7, 11) is 0. The van der Waals surface area contributed by atoms with Gasteiger partial charge in [0.15, 0.2) is 5.16 Å². The Morgan fingerprint density at radius 2 is 1.79 bits per heavy atom. The van der Waals surface area contributed by atoms with Crippen LogP contribution in [0.3, 0.4) is 0 Å². The van der Waals surface area contributed by atoms with Gasteiger partial charge in [0.2, 0.25) is 0 Å². The summed E-state index contributed by atoms with van der Waals surface area (Å²) in [6, 6.07) is 13.8. The lowest BCUT2D eigenvalue weighted by molar-refractivity contribution is 0.242. The van der Waals surface area contributed by atoms with Crippen molar-refractivity contribution in [1.82, 2.24) is 14.5 Å². The van der Waals surface area contributed by atoms with Crippen molar-refractivity contribution in [2.45, 2.75) is 38.3 Å². The summed E-state index contributed by atoms with van der Waals surface area (Å²) in [5, 5.41) is 1.46. The van der Waals surface area contributed by atoms with Gasteiger partial charge in [-0.15, -0.1) is 0 Å². The molecular formula is C23H27N3OS. The molecule has 1 aliphatic heterocycles. The Labute approximate surface area is 170 Å². The summed E-state index contributed by atoms with van der Waals surface area (Å²) in [4.78, 5) is 20.8. The lowest BCUT2D eigenvalue weighted by Crippen LogP contribution is -2.31. The van der Waals surface area contributed by atoms with Crippen LogP contribution >= 0.6 is 11.8 Å². The third-order valence-corrected chi connectivity index (χ3v) is 6.57. The number of rotatable bonds is 5. The van der Waals surface area contributed by atoms with Crippen LogP contribution in [0.1, 0.15) is 30.4 Å². The normalized spacial score (nSPS) is 15.2. The first kappa shape index (κ1) is 19.2. The van der Waals surface area contributed by atoms with Crippen molar-refractivity contribution in [1.29, 1.82) is 0 Å². The Bertz CT molecular complexity index is 1040. The number of likely N-dealkylation sites (tertiary alicyclic amines) is 1. The van der Waals surface area contributed by atoms with Crippen LogP contribution in [0, 0.1) is 13.8 Å². The molecule has 0 spiro atoms. The first-order valence-corrected chi connectivity index (χ1v) is 11.1. The van der Waals surface area contributed by atoms with E-state index in [2.05, 4.69) is 24.8 Å². The maximum Gasteiger partial charge on any atom is 0.266 e. The van der Waals surface area contributed by atoms with Crippen LogP contribution in [-0.2, 0) is 0 Å². The molecule has 1 aromatic heterocycles. The number of piperidine rings is 1. The molecule has 2 aromatic carbocycles. The standard InChI is InChI=1S/C23H27N3OS/c1-17-9-8-12-21(18(17)2)26-22(27)19-10-4-5-11-20(19)24-23(26)28-16-15-25-13-6-3-7-14-25/h4-5,8-12H,3,6-7,13-16H2,1-2H3. The number of thioether (sulfide) groups is 1. The Kier molecular flexibility index (Phi) is 5.83. The van der Waals surface area contributed by atoms with E-state index in [0.29, 0.717) is 5.39 Å². The molecule has 0 amide bonds. The van der Waals surface area contributed by atoms with Gasteiger partial charge in [0.05, 0.1) is 16.6 Å². The zero-order valence-electron chi connectivity index (χ0n) is 16.6. The molecule has 0 saturated carbocycles. The van der Waals surface area contributed by atoms with Crippen molar-refractivity contribution >= 4 is 22.7 Å². The SMILES string of the molecule is Cc1cccc(-n2c(SCCN3CCCCC3)nc3ccccc3c2=O)c1C. The topological polar surface area (TPSA) is 38.1 Å². The summed E-state index contributed by atoms with van der Waals surface area (Å²) >= 11 is 1.69. The van der Waals surface area contributed by atoms with Crippen molar-refractivity contribution < 1.29 is 0 Å². The minimum Gasteiger partial charge on any atom is -0.303 e. The van der Waals surface area contributed by atoms with Gasteiger partial charge in [0.1, 0.15) is 0 Å².